The fraction of sp³-hybridized carbons (Fsp3) is 0.217. The summed E-state index contributed by atoms with van der Waals surface area (Å²) in [6, 6.07) is 9.08. The molecule has 2 aliphatic heterocycles. The van der Waals surface area contributed by atoms with Crippen LogP contribution in [0.15, 0.2) is 48.2 Å². The predicted octanol–water partition coefficient (Wildman–Crippen LogP) is 3.81. The standard InChI is InChI=1S/C16H14ClN4O4.C7H8ClNO.Y/c17-9-3-8(7-18)4-10(5-9)19-11-6-14(23)21(16(11)25)12-1-2-13(22)20-15(12)24;1-5-2-3-6(9-10)4-7(5)8;/h3-6,12,18-19H,1-2,7H2,(H,20,22,24);2-4,9-10H,1H3;/q-1;;. The minimum Gasteiger partial charge on any atom is -0.674 e. The van der Waals surface area contributed by atoms with E-state index in [-0.39, 0.29) is 57.8 Å². The maximum atomic E-state index is 12.5. The van der Waals surface area contributed by atoms with E-state index in [1.54, 1.807) is 30.3 Å². The first kappa shape index (κ1) is 29.9. The molecule has 2 aromatic carbocycles. The van der Waals surface area contributed by atoms with Gasteiger partial charge in [-0.3, -0.25) is 40.1 Å². The molecule has 4 rings (SSSR count). The van der Waals surface area contributed by atoms with Crippen molar-refractivity contribution >= 4 is 58.2 Å². The van der Waals surface area contributed by atoms with Crippen LogP contribution < -0.4 is 16.1 Å². The third-order valence-corrected chi connectivity index (χ3v) is 5.84. The van der Waals surface area contributed by atoms with Gasteiger partial charge in [-0.05, 0) is 49.2 Å². The molecule has 1 atom stereocenters. The maximum Gasteiger partial charge on any atom is 0.278 e. The van der Waals surface area contributed by atoms with Crippen molar-refractivity contribution in [1.29, 1.82) is 0 Å². The number of aryl methyl sites for hydroxylation is 1. The van der Waals surface area contributed by atoms with E-state index >= 15 is 0 Å². The van der Waals surface area contributed by atoms with Crippen LogP contribution in [0.25, 0.3) is 5.73 Å². The Morgan fingerprint density at radius 1 is 1.11 bits per heavy atom. The van der Waals surface area contributed by atoms with Gasteiger partial charge in [-0.1, -0.05) is 34.8 Å². The van der Waals surface area contributed by atoms with Crippen LogP contribution in [0.2, 0.25) is 10.0 Å². The Balaban J connectivity index is 0.000000350. The molecule has 1 saturated heterocycles. The summed E-state index contributed by atoms with van der Waals surface area (Å²) in [5.41, 5.74) is 12.1. The van der Waals surface area contributed by atoms with Gasteiger partial charge < -0.3 is 11.1 Å². The second kappa shape index (κ2) is 13.3. The van der Waals surface area contributed by atoms with E-state index in [1.807, 2.05) is 18.5 Å². The first-order chi connectivity index (χ1) is 16.6. The number of piperidine rings is 1. The number of rotatable bonds is 5. The monoisotopic (exact) mass is 607 g/mol. The van der Waals surface area contributed by atoms with E-state index in [9.17, 15) is 19.2 Å². The van der Waals surface area contributed by atoms with Crippen LogP contribution in [0, 0.1) is 6.92 Å². The van der Waals surface area contributed by atoms with Gasteiger partial charge in [0, 0.05) is 60.9 Å². The average molecular weight is 608 g/mol. The van der Waals surface area contributed by atoms with Crippen molar-refractivity contribution in [2.75, 3.05) is 10.8 Å². The van der Waals surface area contributed by atoms with E-state index in [0.29, 0.717) is 27.0 Å². The van der Waals surface area contributed by atoms with Gasteiger partial charge in [0.2, 0.25) is 11.8 Å². The van der Waals surface area contributed by atoms with Gasteiger partial charge in [-0.15, -0.1) is 6.54 Å². The van der Waals surface area contributed by atoms with Crippen molar-refractivity contribution < 1.29 is 57.1 Å². The molecular weight excluding hydrogens is 586 g/mol. The van der Waals surface area contributed by atoms with Crippen LogP contribution in [0.4, 0.5) is 11.4 Å². The number of carbonyl (C=O) groups is 4. The van der Waals surface area contributed by atoms with E-state index < -0.39 is 29.7 Å². The van der Waals surface area contributed by atoms with Gasteiger partial charge >= 0.3 is 0 Å². The zero-order chi connectivity index (χ0) is 25.7. The first-order valence-electron chi connectivity index (χ1n) is 10.4. The fourth-order valence-electron chi connectivity index (χ4n) is 3.44. The van der Waals surface area contributed by atoms with Gasteiger partial charge in [-0.2, -0.15) is 0 Å². The molecule has 2 aliphatic rings. The molecule has 5 N–H and O–H groups in total. The number of carbonyl (C=O) groups excluding carboxylic acids is 4. The molecule has 0 bridgehead atoms. The van der Waals surface area contributed by atoms with Crippen molar-refractivity contribution in [2.24, 2.45) is 0 Å². The molecule has 10 nitrogen and oxygen atoms in total. The summed E-state index contributed by atoms with van der Waals surface area (Å²) in [6.07, 6.45) is 1.27. The van der Waals surface area contributed by atoms with Gasteiger partial charge in [0.1, 0.15) is 11.7 Å². The Kier molecular flexibility index (Phi) is 11.0. The molecular formula is C23H22Cl2N5O5Y-. The molecule has 4 amide bonds. The molecule has 187 valence electrons. The second-order valence-electron chi connectivity index (χ2n) is 7.76. The van der Waals surface area contributed by atoms with Crippen LogP contribution in [-0.4, -0.2) is 39.8 Å². The molecule has 2 heterocycles. The Bertz CT molecular complexity index is 1220. The summed E-state index contributed by atoms with van der Waals surface area (Å²) in [5, 5.41) is 14.4. The summed E-state index contributed by atoms with van der Waals surface area (Å²) in [5.74, 6) is -2.35. The van der Waals surface area contributed by atoms with Crippen molar-refractivity contribution in [3.63, 3.8) is 0 Å². The maximum absolute atomic E-state index is 12.5. The fourth-order valence-corrected chi connectivity index (χ4v) is 3.88. The molecule has 0 aliphatic carbocycles. The molecule has 1 radical (unpaired) electrons. The van der Waals surface area contributed by atoms with Gasteiger partial charge in [-0.25, -0.2) is 0 Å². The number of nitrogens with zero attached hydrogens (tertiary/aromatic N) is 1. The van der Waals surface area contributed by atoms with Crippen LogP contribution in [0.1, 0.15) is 24.0 Å². The Morgan fingerprint density at radius 3 is 2.44 bits per heavy atom. The number of hydrogen-bond donors (Lipinski definition) is 4. The summed E-state index contributed by atoms with van der Waals surface area (Å²) in [4.78, 5) is 48.7. The summed E-state index contributed by atoms with van der Waals surface area (Å²) < 4.78 is 0. The number of benzene rings is 2. The Hall–Kier alpha value is -2.34. The smallest absolute Gasteiger partial charge is 0.278 e. The SMILES string of the molecule is Cc1ccc(NO)cc1Cl.[NH-]Cc1cc(Cl)cc(NC2=CC(=O)N(C3CCC(=O)NC3=O)C2=O)c1.[Y]. The molecule has 2 aromatic rings. The zero-order valence-electron chi connectivity index (χ0n) is 19.1. The Morgan fingerprint density at radius 2 is 1.83 bits per heavy atom. The Labute approximate surface area is 242 Å². The van der Waals surface area contributed by atoms with Crippen molar-refractivity contribution in [3.05, 3.63) is 75.1 Å². The molecule has 0 spiro atoms. The first-order valence-corrected chi connectivity index (χ1v) is 11.2. The van der Waals surface area contributed by atoms with Crippen LogP contribution in [0.3, 0.4) is 0 Å². The molecule has 36 heavy (non-hydrogen) atoms. The van der Waals surface area contributed by atoms with Crippen molar-refractivity contribution in [2.45, 2.75) is 32.4 Å². The van der Waals surface area contributed by atoms with E-state index in [2.05, 4.69) is 10.6 Å². The number of nitrogens with one attached hydrogen (secondary N) is 4. The largest absolute Gasteiger partial charge is 0.674 e. The number of anilines is 2. The summed E-state index contributed by atoms with van der Waals surface area (Å²) in [7, 11) is 0. The minimum absolute atomic E-state index is 0. The second-order valence-corrected chi connectivity index (χ2v) is 8.61. The number of hydrogen-bond acceptors (Lipinski definition) is 7. The number of imide groups is 2. The molecule has 0 saturated carbocycles. The minimum atomic E-state index is -1.00. The summed E-state index contributed by atoms with van der Waals surface area (Å²) >= 11 is 11.7. The topological polar surface area (TPSA) is 152 Å². The van der Waals surface area contributed by atoms with E-state index in [1.165, 1.54) is 0 Å². The average Bonchev–Trinajstić information content (AvgIpc) is 3.08. The molecule has 13 heteroatoms. The zero-order valence-corrected chi connectivity index (χ0v) is 23.5. The van der Waals surface area contributed by atoms with Gasteiger partial charge in [0.15, 0.2) is 0 Å². The van der Waals surface area contributed by atoms with E-state index in [0.717, 1.165) is 16.5 Å². The summed E-state index contributed by atoms with van der Waals surface area (Å²) in [6.45, 7) is 1.92. The van der Waals surface area contributed by atoms with Crippen LogP contribution in [-0.2, 0) is 58.4 Å². The quantitative estimate of drug-likeness (QED) is 0.298. The molecule has 1 fully saturated rings. The number of amides is 4. The van der Waals surface area contributed by atoms with Gasteiger partial charge in [0.25, 0.3) is 11.8 Å². The van der Waals surface area contributed by atoms with Crippen molar-refractivity contribution in [1.82, 2.24) is 10.2 Å². The number of halogens is 2. The normalized spacial score (nSPS) is 17.0. The third-order valence-electron chi connectivity index (χ3n) is 5.22. The molecule has 1 unspecified atom stereocenters. The molecule has 0 aromatic heterocycles. The van der Waals surface area contributed by atoms with Crippen LogP contribution >= 0.6 is 23.2 Å². The van der Waals surface area contributed by atoms with E-state index in [4.69, 9.17) is 34.1 Å². The van der Waals surface area contributed by atoms with Crippen LogP contribution in [0.5, 0.6) is 0 Å². The van der Waals surface area contributed by atoms with Crippen molar-refractivity contribution in [3.8, 4) is 0 Å². The van der Waals surface area contributed by atoms with Gasteiger partial charge in [0.05, 0.1) is 5.69 Å². The third kappa shape index (κ3) is 7.35. The predicted molar refractivity (Wildman–Crippen MR) is 131 cm³/mol.